The van der Waals surface area contributed by atoms with Crippen molar-refractivity contribution in [2.75, 3.05) is 37.4 Å². The van der Waals surface area contributed by atoms with Crippen LogP contribution in [0.5, 0.6) is 5.75 Å². The van der Waals surface area contributed by atoms with Crippen LogP contribution in [-0.2, 0) is 26.0 Å². The van der Waals surface area contributed by atoms with Crippen LogP contribution in [0.4, 0.5) is 28.9 Å². The average molecular weight is 939 g/mol. The van der Waals surface area contributed by atoms with Crippen LogP contribution in [-0.4, -0.2) is 72.3 Å². The summed E-state index contributed by atoms with van der Waals surface area (Å²) in [6, 6.07) is 16.3. The quantitative estimate of drug-likeness (QED) is 0.0821. The molecule has 1 aromatic heterocycles. The van der Waals surface area contributed by atoms with E-state index < -0.39 is 47.0 Å². The minimum atomic E-state index is -4.70. The number of imide groups is 1. The Morgan fingerprint density at radius 2 is 1.79 bits per heavy atom. The molecule has 350 valence electrons. The number of rotatable bonds is 7. The molecule has 2 spiro atoms. The molecule has 1 unspecified atom stereocenters. The van der Waals surface area contributed by atoms with E-state index in [2.05, 4.69) is 38.1 Å². The van der Waals surface area contributed by atoms with Gasteiger partial charge in [-0.2, -0.15) is 13.2 Å². The normalized spacial score (nSPS) is 25.2. The maximum atomic E-state index is 16.3. The number of benzene rings is 3. The van der Waals surface area contributed by atoms with Crippen LogP contribution in [0.15, 0.2) is 72.9 Å². The summed E-state index contributed by atoms with van der Waals surface area (Å²) in [7, 11) is 1.43. The molecule has 0 radical (unpaired) electrons. The van der Waals surface area contributed by atoms with Gasteiger partial charge in [-0.25, -0.2) is 4.39 Å². The van der Waals surface area contributed by atoms with Crippen molar-refractivity contribution in [3.63, 3.8) is 0 Å². The first-order valence-electron chi connectivity index (χ1n) is 22.6. The highest BCUT2D eigenvalue weighted by molar-refractivity contribution is 6.30. The van der Waals surface area contributed by atoms with Crippen molar-refractivity contribution < 1.29 is 41.5 Å². The molecule has 9 rings (SSSR count). The maximum absolute atomic E-state index is 16.3. The minimum absolute atomic E-state index is 0.0284. The number of aromatic nitrogens is 1. The van der Waals surface area contributed by atoms with Crippen LogP contribution in [0.1, 0.15) is 109 Å². The van der Waals surface area contributed by atoms with Gasteiger partial charge in [-0.15, -0.1) is 0 Å². The van der Waals surface area contributed by atoms with Gasteiger partial charge < -0.3 is 25.6 Å². The molecule has 1 saturated carbocycles. The van der Waals surface area contributed by atoms with Gasteiger partial charge >= 0.3 is 6.18 Å². The monoisotopic (exact) mass is 938 g/mol. The molecule has 67 heavy (non-hydrogen) atoms. The zero-order valence-electron chi connectivity index (χ0n) is 37.5. The zero-order chi connectivity index (χ0) is 47.6. The Bertz CT molecular complexity index is 2740. The Morgan fingerprint density at radius 3 is 2.51 bits per heavy atom. The molecule has 3 aromatic carbocycles. The molecule has 4 amide bonds. The number of fused-ring (bicyclic) bond motifs is 2. The lowest BCUT2D eigenvalue weighted by molar-refractivity contribution is -0.141. The number of carbonyl (C=O) groups excluding carboxylic acids is 4. The van der Waals surface area contributed by atoms with Crippen molar-refractivity contribution in [2.45, 2.75) is 94.8 Å². The van der Waals surface area contributed by atoms with Gasteiger partial charge in [-0.1, -0.05) is 68.5 Å². The number of hydrogen-bond acceptors (Lipinski definition) is 8. The number of carbonyl (C=O) groups is 4. The van der Waals surface area contributed by atoms with Crippen LogP contribution in [0, 0.1) is 34.4 Å². The molecule has 4 fully saturated rings. The number of likely N-dealkylation sites (tertiary alicyclic amines) is 1. The Morgan fingerprint density at radius 1 is 1.03 bits per heavy atom. The van der Waals surface area contributed by atoms with Crippen molar-refractivity contribution in [3.05, 3.63) is 117 Å². The minimum Gasteiger partial charge on any atom is -0.495 e. The van der Waals surface area contributed by atoms with E-state index in [0.717, 1.165) is 36.5 Å². The fourth-order valence-electron chi connectivity index (χ4n) is 10.9. The van der Waals surface area contributed by atoms with Crippen molar-refractivity contribution >= 4 is 46.6 Å². The fourth-order valence-corrected chi connectivity index (χ4v) is 11.1. The van der Waals surface area contributed by atoms with E-state index in [1.54, 1.807) is 30.3 Å². The highest BCUT2D eigenvalue weighted by Gasteiger charge is 2.62. The van der Waals surface area contributed by atoms with Crippen LogP contribution in [0.2, 0.25) is 5.02 Å². The van der Waals surface area contributed by atoms with Crippen LogP contribution in [0.25, 0.3) is 0 Å². The van der Waals surface area contributed by atoms with Crippen molar-refractivity contribution in [3.8, 4) is 17.6 Å². The summed E-state index contributed by atoms with van der Waals surface area (Å²) in [6.07, 6.45) is 0.259. The highest BCUT2D eigenvalue weighted by atomic mass is 35.5. The second-order valence-corrected chi connectivity index (χ2v) is 20.2. The molecule has 11 nitrogen and oxygen atoms in total. The second kappa shape index (κ2) is 17.3. The van der Waals surface area contributed by atoms with Gasteiger partial charge in [0.1, 0.15) is 17.3 Å². The first kappa shape index (κ1) is 46.1. The summed E-state index contributed by atoms with van der Waals surface area (Å²) in [6.45, 7) is 7.23. The van der Waals surface area contributed by atoms with Gasteiger partial charge in [0.15, 0.2) is 0 Å². The summed E-state index contributed by atoms with van der Waals surface area (Å²) < 4.78 is 63.6. The van der Waals surface area contributed by atoms with Crippen molar-refractivity contribution in [1.29, 1.82) is 0 Å². The van der Waals surface area contributed by atoms with Gasteiger partial charge in [0, 0.05) is 77.9 Å². The molecule has 0 bridgehead atoms. The number of anilines is 2. The smallest absolute Gasteiger partial charge is 0.433 e. The first-order chi connectivity index (χ1) is 31.8. The number of pyridine rings is 1. The van der Waals surface area contributed by atoms with E-state index in [9.17, 15) is 32.3 Å². The molecule has 3 saturated heterocycles. The van der Waals surface area contributed by atoms with Gasteiger partial charge in [0.05, 0.1) is 29.8 Å². The number of nitrogens with one attached hydrogen (secondary N) is 4. The van der Waals surface area contributed by atoms with E-state index in [0.29, 0.717) is 43.5 Å². The zero-order valence-corrected chi connectivity index (χ0v) is 38.3. The molecule has 4 aliphatic heterocycles. The Balaban J connectivity index is 0.914. The molecule has 1 aliphatic carbocycles. The summed E-state index contributed by atoms with van der Waals surface area (Å²) in [5, 5.41) is 11.9. The van der Waals surface area contributed by atoms with E-state index in [4.69, 9.17) is 16.3 Å². The van der Waals surface area contributed by atoms with E-state index in [-0.39, 0.29) is 74.6 Å². The average Bonchev–Trinajstić information content (AvgIpc) is 3.65. The maximum Gasteiger partial charge on any atom is 0.433 e. The lowest BCUT2D eigenvalue weighted by Gasteiger charge is -2.39. The molecular formula is C51H51ClF4N6O5. The third-order valence-corrected chi connectivity index (χ3v) is 14.7. The molecule has 4 aromatic rings. The lowest BCUT2D eigenvalue weighted by atomic mass is 9.63. The third kappa shape index (κ3) is 8.74. The van der Waals surface area contributed by atoms with E-state index in [1.165, 1.54) is 19.4 Å². The summed E-state index contributed by atoms with van der Waals surface area (Å²) in [5.41, 5.74) is 0.549. The Hall–Kier alpha value is -5.98. The largest absolute Gasteiger partial charge is 0.495 e. The molecule has 4 N–H and O–H groups in total. The number of amides is 4. The number of ether oxygens (including phenoxy) is 1. The lowest BCUT2D eigenvalue weighted by Crippen LogP contribution is -2.46. The van der Waals surface area contributed by atoms with Gasteiger partial charge in [0.25, 0.3) is 5.91 Å². The topological polar surface area (TPSA) is 142 Å². The van der Waals surface area contributed by atoms with Crippen molar-refractivity contribution in [1.82, 2.24) is 20.5 Å². The SMILES string of the molecule is COc1cc(C(=O)N2CCC3(CC2)C[C@@H]3C#Cc2cccc(C3CCC(=O)NC3=O)c2)ccc1NC(=O)[C@@H]1N[C@@H](CC(C)(C)C)[C@@]2(CNc3cc(C(F)(F)F)ncc32)[C@H]1c1cccc(Cl)c1F. The van der Waals surface area contributed by atoms with Gasteiger partial charge in [-0.05, 0) is 96.5 Å². The second-order valence-electron chi connectivity index (χ2n) is 19.8. The number of nitrogens with zero attached hydrogens (tertiary/aromatic N) is 2. The van der Waals surface area contributed by atoms with E-state index >= 15 is 4.39 Å². The first-order valence-corrected chi connectivity index (χ1v) is 22.9. The third-order valence-electron chi connectivity index (χ3n) is 14.4. The molecule has 6 atom stereocenters. The molecule has 5 heterocycles. The predicted molar refractivity (Wildman–Crippen MR) is 244 cm³/mol. The van der Waals surface area contributed by atoms with E-state index in [1.807, 2.05) is 49.9 Å². The fraction of sp³-hybridized carbons (Fsp3) is 0.431. The summed E-state index contributed by atoms with van der Waals surface area (Å²) in [4.78, 5) is 58.4. The van der Waals surface area contributed by atoms with Crippen LogP contribution in [0.3, 0.4) is 0 Å². The molecule has 16 heteroatoms. The predicted octanol–water partition coefficient (Wildman–Crippen LogP) is 8.58. The summed E-state index contributed by atoms with van der Waals surface area (Å²) in [5.74, 6) is 3.81. The van der Waals surface area contributed by atoms with Gasteiger partial charge in [0.2, 0.25) is 17.7 Å². The Kier molecular flexibility index (Phi) is 11.9. The highest BCUT2D eigenvalue weighted by Crippen LogP contribution is 2.59. The number of halogens is 5. The number of methoxy groups -OCH3 is 1. The van der Waals surface area contributed by atoms with Crippen molar-refractivity contribution in [2.24, 2.45) is 16.7 Å². The molecule has 5 aliphatic rings. The number of hydrogen-bond donors (Lipinski definition) is 4. The summed E-state index contributed by atoms with van der Waals surface area (Å²) >= 11 is 6.37. The molecular weight excluding hydrogens is 888 g/mol. The standard InChI is InChI=1S/C51H51ClF4N6O5/c1-48(2,3)25-40-50(27-58-37-23-39(51(54,55)56)57-26-34(37)50)42(33-9-6-10-35(52)43(33)53)44(60-40)46(65)59-36-15-12-30(22-38(36)67-4)47(66)62-19-17-49(18-20-62)24-31(49)13-11-28-7-5-8-29(21-28)32-14-16-41(63)61-45(32)64/h5-10,12,15,21-23,26,31-32,40,42,44,58,60H,14,16-20,24-25,27H2,1-4H3,(H,59,65)(H,61,63,64)/t31-,32?,40-,42-,44+,50-/m0/s1. The Labute approximate surface area is 391 Å². The van der Waals surface area contributed by atoms with Crippen LogP contribution < -0.4 is 26.0 Å². The number of piperidine rings is 2. The number of alkyl halides is 3. The van der Waals surface area contributed by atoms with Crippen LogP contribution >= 0.6 is 11.6 Å². The van der Waals surface area contributed by atoms with Gasteiger partial charge in [-0.3, -0.25) is 29.5 Å².